The van der Waals surface area contributed by atoms with E-state index in [0.29, 0.717) is 12.5 Å². The van der Waals surface area contributed by atoms with Crippen LogP contribution in [0.15, 0.2) is 0 Å². The van der Waals surface area contributed by atoms with Gasteiger partial charge in [0.05, 0.1) is 0 Å². The van der Waals surface area contributed by atoms with Crippen LogP contribution in [0.3, 0.4) is 0 Å². The van der Waals surface area contributed by atoms with E-state index in [1.165, 1.54) is 4.90 Å². The van der Waals surface area contributed by atoms with E-state index in [1.807, 2.05) is 13.8 Å². The topological polar surface area (TPSA) is 75.4 Å². The molecule has 0 radical (unpaired) electrons. The van der Waals surface area contributed by atoms with Crippen molar-refractivity contribution >= 4 is 11.8 Å². The first-order chi connectivity index (χ1) is 6.02. The molecule has 3 N–H and O–H groups in total. The van der Waals surface area contributed by atoms with Crippen LogP contribution in [0, 0.1) is 5.92 Å². The van der Waals surface area contributed by atoms with Crippen LogP contribution in [0.1, 0.15) is 20.3 Å². The number of nitrogens with one attached hydrogen (secondary N) is 1. The number of amides is 2. The van der Waals surface area contributed by atoms with Gasteiger partial charge in [-0.15, -0.1) is 0 Å². The normalized spacial score (nSPS) is 12.0. The second-order valence-corrected chi connectivity index (χ2v) is 3.17. The summed E-state index contributed by atoms with van der Waals surface area (Å²) in [6.45, 7) is 4.62. The summed E-state index contributed by atoms with van der Waals surface area (Å²) in [5.74, 6) is 3.85. The Kier molecular flexibility index (Phi) is 5.06. The highest BCUT2D eigenvalue weighted by Crippen LogP contribution is 2.02. The lowest BCUT2D eigenvalue weighted by Gasteiger charge is -2.19. The van der Waals surface area contributed by atoms with Crippen molar-refractivity contribution in [1.82, 2.24) is 10.3 Å². The first-order valence-electron chi connectivity index (χ1n) is 4.28. The fourth-order valence-electron chi connectivity index (χ4n) is 0.915. The fourth-order valence-corrected chi connectivity index (χ4v) is 0.915. The van der Waals surface area contributed by atoms with Gasteiger partial charge in [0.25, 0.3) is 0 Å². The number of hydrogen-bond acceptors (Lipinski definition) is 3. The minimum Gasteiger partial charge on any atom is -0.337 e. The minimum atomic E-state index is -0.772. The molecule has 76 valence electrons. The molecule has 0 aliphatic heterocycles. The van der Waals surface area contributed by atoms with Crippen molar-refractivity contribution in [3.05, 3.63) is 0 Å². The van der Waals surface area contributed by atoms with Gasteiger partial charge < -0.3 is 4.90 Å². The molecular formula is C8H17N3O2. The van der Waals surface area contributed by atoms with E-state index in [-0.39, 0.29) is 0 Å². The lowest BCUT2D eigenvalue weighted by Crippen LogP contribution is -2.45. The second-order valence-electron chi connectivity index (χ2n) is 3.17. The molecule has 13 heavy (non-hydrogen) atoms. The first kappa shape index (κ1) is 11.9. The molecule has 0 aliphatic carbocycles. The van der Waals surface area contributed by atoms with Gasteiger partial charge in [0, 0.05) is 13.6 Å². The number of hydrogen-bond donors (Lipinski definition) is 2. The van der Waals surface area contributed by atoms with Gasteiger partial charge in [0.1, 0.15) is 0 Å². The average molecular weight is 187 g/mol. The molecule has 0 saturated carbocycles. The highest BCUT2D eigenvalue weighted by atomic mass is 16.2. The van der Waals surface area contributed by atoms with E-state index in [1.54, 1.807) is 12.5 Å². The molecule has 2 amide bonds. The summed E-state index contributed by atoms with van der Waals surface area (Å²) >= 11 is 0. The summed E-state index contributed by atoms with van der Waals surface area (Å²) in [5.41, 5.74) is 1.81. The molecule has 1 unspecified atom stereocenters. The molecule has 0 aromatic carbocycles. The maximum atomic E-state index is 11.2. The van der Waals surface area contributed by atoms with E-state index < -0.39 is 11.8 Å². The van der Waals surface area contributed by atoms with E-state index in [4.69, 9.17) is 5.84 Å². The third-order valence-corrected chi connectivity index (χ3v) is 1.95. The largest absolute Gasteiger partial charge is 0.337 e. The van der Waals surface area contributed by atoms with Crippen LogP contribution < -0.4 is 11.3 Å². The van der Waals surface area contributed by atoms with Crippen LogP contribution in [-0.2, 0) is 9.59 Å². The monoisotopic (exact) mass is 187 g/mol. The number of nitrogens with two attached hydrogens (primary N) is 1. The van der Waals surface area contributed by atoms with Gasteiger partial charge in [0.15, 0.2) is 0 Å². The molecule has 0 spiro atoms. The molecule has 0 saturated heterocycles. The van der Waals surface area contributed by atoms with Crippen LogP contribution in [0.2, 0.25) is 0 Å². The Morgan fingerprint density at radius 2 is 2.08 bits per heavy atom. The van der Waals surface area contributed by atoms with Crippen molar-refractivity contribution in [3.63, 3.8) is 0 Å². The average Bonchev–Trinajstić information content (AvgIpc) is 2.14. The Morgan fingerprint density at radius 3 is 2.46 bits per heavy atom. The summed E-state index contributed by atoms with van der Waals surface area (Å²) in [6, 6.07) is 0. The summed E-state index contributed by atoms with van der Waals surface area (Å²) in [4.78, 5) is 23.3. The number of likely N-dealkylation sites (N-methyl/N-ethyl adjacent to an activating group) is 1. The third-order valence-electron chi connectivity index (χ3n) is 1.95. The van der Waals surface area contributed by atoms with Gasteiger partial charge in [-0.1, -0.05) is 20.3 Å². The zero-order valence-electron chi connectivity index (χ0n) is 8.33. The Bertz CT molecular complexity index is 194. The number of hydrazine groups is 1. The molecule has 0 aromatic heterocycles. The third kappa shape index (κ3) is 3.89. The Hall–Kier alpha value is -1.10. The molecule has 5 heteroatoms. The predicted octanol–water partition coefficient (Wildman–Crippen LogP) is -0.519. The van der Waals surface area contributed by atoms with E-state index >= 15 is 0 Å². The van der Waals surface area contributed by atoms with Crippen molar-refractivity contribution < 1.29 is 9.59 Å². The van der Waals surface area contributed by atoms with Crippen molar-refractivity contribution in [1.29, 1.82) is 0 Å². The smallest absolute Gasteiger partial charge is 0.323 e. The second kappa shape index (κ2) is 5.53. The zero-order chi connectivity index (χ0) is 10.4. The van der Waals surface area contributed by atoms with Crippen molar-refractivity contribution in [2.45, 2.75) is 20.3 Å². The maximum absolute atomic E-state index is 11.2. The molecule has 1 atom stereocenters. The number of carbonyl (C=O) groups excluding carboxylic acids is 2. The molecule has 0 heterocycles. The lowest BCUT2D eigenvalue weighted by atomic mass is 10.1. The van der Waals surface area contributed by atoms with Gasteiger partial charge in [-0.3, -0.25) is 15.0 Å². The Labute approximate surface area is 78.2 Å². The van der Waals surface area contributed by atoms with E-state index in [0.717, 1.165) is 6.42 Å². The highest BCUT2D eigenvalue weighted by Gasteiger charge is 2.18. The molecule has 0 aliphatic rings. The molecule has 0 rings (SSSR count). The van der Waals surface area contributed by atoms with Gasteiger partial charge >= 0.3 is 11.8 Å². The van der Waals surface area contributed by atoms with Crippen LogP contribution in [0.25, 0.3) is 0 Å². The lowest BCUT2D eigenvalue weighted by molar-refractivity contribution is -0.145. The van der Waals surface area contributed by atoms with Gasteiger partial charge in [-0.2, -0.15) is 0 Å². The molecule has 0 aromatic rings. The standard InChI is InChI=1S/C8H17N3O2/c1-4-6(2)5-11(3)8(13)7(12)10-9/h6H,4-5,9H2,1-3H3,(H,10,12). The van der Waals surface area contributed by atoms with Crippen LogP contribution in [0.5, 0.6) is 0 Å². The summed E-state index contributed by atoms with van der Waals surface area (Å²) in [5, 5.41) is 0. The van der Waals surface area contributed by atoms with Crippen LogP contribution in [0.4, 0.5) is 0 Å². The quantitative estimate of drug-likeness (QED) is 0.270. The Morgan fingerprint density at radius 1 is 1.54 bits per heavy atom. The van der Waals surface area contributed by atoms with Crippen molar-refractivity contribution in [2.24, 2.45) is 11.8 Å². The van der Waals surface area contributed by atoms with E-state index in [9.17, 15) is 9.59 Å². The SMILES string of the molecule is CCC(C)CN(C)C(=O)C(=O)NN. The first-order valence-corrected chi connectivity index (χ1v) is 4.28. The Balaban J connectivity index is 4.03. The fraction of sp³-hybridized carbons (Fsp3) is 0.750. The number of carbonyl (C=O) groups is 2. The molecule has 0 fully saturated rings. The number of nitrogens with zero attached hydrogens (tertiary/aromatic N) is 1. The van der Waals surface area contributed by atoms with Crippen molar-refractivity contribution in [3.8, 4) is 0 Å². The summed E-state index contributed by atoms with van der Waals surface area (Å²) in [7, 11) is 1.59. The van der Waals surface area contributed by atoms with Crippen molar-refractivity contribution in [2.75, 3.05) is 13.6 Å². The number of rotatable bonds is 3. The van der Waals surface area contributed by atoms with Crippen LogP contribution in [-0.4, -0.2) is 30.3 Å². The van der Waals surface area contributed by atoms with E-state index in [2.05, 4.69) is 0 Å². The highest BCUT2D eigenvalue weighted by molar-refractivity contribution is 6.34. The minimum absolute atomic E-state index is 0.388. The van der Waals surface area contributed by atoms with Gasteiger partial charge in [-0.25, -0.2) is 5.84 Å². The molecule has 0 bridgehead atoms. The molecular weight excluding hydrogens is 170 g/mol. The maximum Gasteiger partial charge on any atom is 0.323 e. The summed E-state index contributed by atoms with van der Waals surface area (Å²) in [6.07, 6.45) is 0.974. The van der Waals surface area contributed by atoms with Gasteiger partial charge in [0.2, 0.25) is 0 Å². The van der Waals surface area contributed by atoms with Crippen LogP contribution >= 0.6 is 0 Å². The molecule has 5 nitrogen and oxygen atoms in total. The predicted molar refractivity (Wildman–Crippen MR) is 49.4 cm³/mol. The summed E-state index contributed by atoms with van der Waals surface area (Å²) < 4.78 is 0. The van der Waals surface area contributed by atoms with Gasteiger partial charge in [-0.05, 0) is 5.92 Å². The zero-order valence-corrected chi connectivity index (χ0v) is 8.33.